The van der Waals surface area contributed by atoms with Gasteiger partial charge in [0.1, 0.15) is 11.7 Å². The molecule has 1 N–H and O–H groups in total. The number of hydrogen-bond acceptors (Lipinski definition) is 6. The highest BCUT2D eigenvalue weighted by molar-refractivity contribution is 6.06. The van der Waals surface area contributed by atoms with Crippen LogP contribution in [0.15, 0.2) is 89.5 Å². The van der Waals surface area contributed by atoms with Gasteiger partial charge in [0, 0.05) is 29.1 Å². The molecule has 0 saturated carbocycles. The topological polar surface area (TPSA) is 72.8 Å². The number of hydrogen-bond donors (Lipinski definition) is 1. The van der Waals surface area contributed by atoms with Crippen LogP contribution >= 0.6 is 0 Å². The van der Waals surface area contributed by atoms with Crippen molar-refractivity contribution in [3.63, 3.8) is 0 Å². The molecule has 0 spiro atoms. The van der Waals surface area contributed by atoms with E-state index in [1.54, 1.807) is 0 Å². The smallest absolute Gasteiger partial charge is 0.138 e. The maximum atomic E-state index is 4.76. The Kier molecular flexibility index (Phi) is 6.06. The fourth-order valence-corrected chi connectivity index (χ4v) is 5.66. The monoisotopic (exact) mass is 501 g/mol. The number of aromatic nitrogens is 3. The lowest BCUT2D eigenvalue weighted by Gasteiger charge is -2.26. The van der Waals surface area contributed by atoms with Crippen LogP contribution in [0.25, 0.3) is 33.1 Å². The van der Waals surface area contributed by atoms with Gasteiger partial charge in [-0.1, -0.05) is 66.2 Å². The Balaban J connectivity index is 1.12. The summed E-state index contributed by atoms with van der Waals surface area (Å²) in [4.78, 5) is 15.5. The van der Waals surface area contributed by atoms with E-state index in [1.807, 2.05) is 23.5 Å². The van der Waals surface area contributed by atoms with Gasteiger partial charge in [0.25, 0.3) is 0 Å². The summed E-state index contributed by atoms with van der Waals surface area (Å²) in [7, 11) is 0. The molecule has 7 nitrogen and oxygen atoms in total. The molecule has 0 amide bonds. The average molecular weight is 502 g/mol. The third-order valence-electron chi connectivity index (χ3n) is 7.75. The predicted molar refractivity (Wildman–Crippen MR) is 150 cm³/mol. The van der Waals surface area contributed by atoms with Gasteiger partial charge in [-0.3, -0.25) is 14.9 Å². The van der Waals surface area contributed by atoms with Crippen molar-refractivity contribution in [2.24, 2.45) is 10.3 Å². The molecule has 1 saturated heterocycles. The fourth-order valence-electron chi connectivity index (χ4n) is 5.66. The first-order valence-electron chi connectivity index (χ1n) is 13.6. The number of nitrogens with zero attached hydrogens (tertiary/aromatic N) is 6. The molecule has 2 aliphatic heterocycles. The minimum atomic E-state index is -0.0725. The van der Waals surface area contributed by atoms with Crippen molar-refractivity contribution in [1.82, 2.24) is 24.9 Å². The van der Waals surface area contributed by atoms with E-state index in [4.69, 9.17) is 9.97 Å². The van der Waals surface area contributed by atoms with E-state index in [0.29, 0.717) is 0 Å². The number of H-pyrrole nitrogens is 1. The quantitative estimate of drug-likeness (QED) is 0.281. The number of aromatic amines is 1. The highest BCUT2D eigenvalue weighted by Gasteiger charge is 2.23. The number of pyridine rings is 2. The molecular formula is C31H31N7. The molecule has 2 aliphatic rings. The molecule has 0 bridgehead atoms. The SMILES string of the molecule is c1ccc(CN2CC(c3cc4c(cn3)[nH]c3ncc(-c5ccc(CN6CCCCC6)cc5)cc34)N=N2)cc1. The van der Waals surface area contributed by atoms with Crippen LogP contribution in [0.4, 0.5) is 0 Å². The van der Waals surface area contributed by atoms with E-state index in [2.05, 4.69) is 80.9 Å². The van der Waals surface area contributed by atoms with Gasteiger partial charge in [0.2, 0.25) is 0 Å². The zero-order chi connectivity index (χ0) is 25.3. The molecule has 1 atom stereocenters. The van der Waals surface area contributed by atoms with Crippen LogP contribution in [0.1, 0.15) is 42.1 Å². The normalized spacial score (nSPS) is 18.1. The largest absolute Gasteiger partial charge is 0.338 e. The number of fused-ring (bicyclic) bond motifs is 3. The lowest BCUT2D eigenvalue weighted by Crippen LogP contribution is -2.28. The first-order chi connectivity index (χ1) is 18.8. The number of nitrogens with one attached hydrogen (secondary N) is 1. The van der Waals surface area contributed by atoms with Gasteiger partial charge in [0.05, 0.1) is 30.5 Å². The summed E-state index contributed by atoms with van der Waals surface area (Å²) >= 11 is 0. The highest BCUT2D eigenvalue weighted by Crippen LogP contribution is 2.32. The van der Waals surface area contributed by atoms with E-state index in [1.165, 1.54) is 49.0 Å². The standard InChI is InChI=1S/C31H31N7/c1-3-7-22(8-4-1)20-38-21-30(35-36-38)28-16-26-27-15-25(17-33-31(27)34-29(26)18-32-28)24-11-9-23(10-12-24)19-37-13-5-2-6-14-37/h1,3-4,7-12,15-18,30H,2,5-6,13-14,19-21H2,(H,33,34). The van der Waals surface area contributed by atoms with E-state index in [0.717, 1.165) is 52.8 Å². The van der Waals surface area contributed by atoms with Crippen molar-refractivity contribution in [3.05, 3.63) is 95.9 Å². The molecule has 1 unspecified atom stereocenters. The summed E-state index contributed by atoms with van der Waals surface area (Å²) in [6, 6.07) is 23.7. The Hall–Kier alpha value is -4.10. The molecule has 1 fully saturated rings. The second kappa shape index (κ2) is 9.99. The van der Waals surface area contributed by atoms with Crippen molar-refractivity contribution in [3.8, 4) is 11.1 Å². The first kappa shape index (κ1) is 23.0. The van der Waals surface area contributed by atoms with Gasteiger partial charge >= 0.3 is 0 Å². The second-order valence-electron chi connectivity index (χ2n) is 10.5. The van der Waals surface area contributed by atoms with E-state index in [-0.39, 0.29) is 6.04 Å². The summed E-state index contributed by atoms with van der Waals surface area (Å²) in [5.41, 5.74) is 7.71. The Bertz CT molecular complexity index is 1580. The lowest BCUT2D eigenvalue weighted by molar-refractivity contribution is 0.221. The van der Waals surface area contributed by atoms with Crippen molar-refractivity contribution in [2.75, 3.05) is 19.6 Å². The molecule has 38 heavy (non-hydrogen) atoms. The van der Waals surface area contributed by atoms with E-state index in [9.17, 15) is 0 Å². The zero-order valence-corrected chi connectivity index (χ0v) is 21.4. The Morgan fingerprint density at radius 3 is 2.42 bits per heavy atom. The molecule has 0 radical (unpaired) electrons. The van der Waals surface area contributed by atoms with Crippen molar-refractivity contribution in [2.45, 2.75) is 38.4 Å². The maximum Gasteiger partial charge on any atom is 0.138 e. The third-order valence-corrected chi connectivity index (χ3v) is 7.75. The fraction of sp³-hybridized carbons (Fsp3) is 0.290. The van der Waals surface area contributed by atoms with Crippen LogP contribution in [0.3, 0.4) is 0 Å². The molecule has 5 heterocycles. The van der Waals surface area contributed by atoms with Crippen molar-refractivity contribution in [1.29, 1.82) is 0 Å². The summed E-state index contributed by atoms with van der Waals surface area (Å²) in [5.74, 6) is 0. The average Bonchev–Trinajstić information content (AvgIpc) is 3.58. The minimum Gasteiger partial charge on any atom is -0.338 e. The van der Waals surface area contributed by atoms with Crippen LogP contribution in [0.5, 0.6) is 0 Å². The van der Waals surface area contributed by atoms with Crippen LogP contribution in [0.2, 0.25) is 0 Å². The first-order valence-corrected chi connectivity index (χ1v) is 13.6. The van der Waals surface area contributed by atoms with Crippen LogP contribution in [-0.4, -0.2) is 44.5 Å². The molecular weight excluding hydrogens is 470 g/mol. The van der Waals surface area contributed by atoms with Gasteiger partial charge < -0.3 is 4.98 Å². The summed E-state index contributed by atoms with van der Waals surface area (Å²) in [5, 5.41) is 13.2. The Morgan fingerprint density at radius 2 is 1.58 bits per heavy atom. The minimum absolute atomic E-state index is 0.0725. The zero-order valence-electron chi connectivity index (χ0n) is 21.4. The van der Waals surface area contributed by atoms with Gasteiger partial charge in [-0.05, 0) is 54.8 Å². The maximum absolute atomic E-state index is 4.76. The Labute approximate surface area is 222 Å². The molecule has 0 aliphatic carbocycles. The highest BCUT2D eigenvalue weighted by atomic mass is 15.6. The molecule has 190 valence electrons. The van der Waals surface area contributed by atoms with Crippen LogP contribution in [-0.2, 0) is 13.1 Å². The van der Waals surface area contributed by atoms with Gasteiger partial charge in [-0.15, -0.1) is 0 Å². The number of benzene rings is 2. The summed E-state index contributed by atoms with van der Waals surface area (Å²) in [6.07, 6.45) is 7.87. The van der Waals surface area contributed by atoms with Crippen molar-refractivity contribution < 1.29 is 0 Å². The van der Waals surface area contributed by atoms with Gasteiger partial charge in [0.15, 0.2) is 0 Å². The summed E-state index contributed by atoms with van der Waals surface area (Å²) in [6.45, 7) is 4.94. The molecule has 5 aromatic rings. The van der Waals surface area contributed by atoms with Gasteiger partial charge in [-0.2, -0.15) is 5.11 Å². The van der Waals surface area contributed by atoms with Crippen LogP contribution < -0.4 is 0 Å². The lowest BCUT2D eigenvalue weighted by atomic mass is 10.0. The Morgan fingerprint density at radius 1 is 0.763 bits per heavy atom. The second-order valence-corrected chi connectivity index (χ2v) is 10.5. The van der Waals surface area contributed by atoms with E-state index < -0.39 is 0 Å². The van der Waals surface area contributed by atoms with E-state index >= 15 is 0 Å². The number of rotatable bonds is 6. The van der Waals surface area contributed by atoms with Crippen LogP contribution in [0, 0.1) is 0 Å². The molecule has 7 rings (SSSR count). The predicted octanol–water partition coefficient (Wildman–Crippen LogP) is 6.69. The number of likely N-dealkylation sites (tertiary alicyclic amines) is 1. The summed E-state index contributed by atoms with van der Waals surface area (Å²) < 4.78 is 0. The molecule has 2 aromatic carbocycles. The third kappa shape index (κ3) is 4.65. The van der Waals surface area contributed by atoms with Crippen molar-refractivity contribution >= 4 is 21.9 Å². The molecule has 7 heteroatoms. The number of piperidine rings is 1. The molecule has 3 aromatic heterocycles. The van der Waals surface area contributed by atoms with Gasteiger partial charge in [-0.25, -0.2) is 4.98 Å².